The lowest BCUT2D eigenvalue weighted by Gasteiger charge is -2.33. The molecule has 29 heavy (non-hydrogen) atoms. The summed E-state index contributed by atoms with van der Waals surface area (Å²) in [5.41, 5.74) is 3.75. The summed E-state index contributed by atoms with van der Waals surface area (Å²) in [6, 6.07) is 14.0. The summed E-state index contributed by atoms with van der Waals surface area (Å²) >= 11 is 0. The number of fused-ring (bicyclic) bond motifs is 1. The van der Waals surface area contributed by atoms with Crippen LogP contribution >= 0.6 is 0 Å². The zero-order valence-corrected chi connectivity index (χ0v) is 17.3. The predicted molar refractivity (Wildman–Crippen MR) is 116 cm³/mol. The van der Waals surface area contributed by atoms with Crippen LogP contribution in [0, 0.1) is 13.8 Å². The van der Waals surface area contributed by atoms with E-state index in [9.17, 15) is 9.59 Å². The van der Waals surface area contributed by atoms with Crippen LogP contribution in [0.15, 0.2) is 47.3 Å². The molecular formula is C24H27N3O2. The number of piperidine rings is 1. The number of aromatic nitrogens is 2. The minimum absolute atomic E-state index is 0.0220. The van der Waals surface area contributed by atoms with Crippen LogP contribution in [-0.4, -0.2) is 33.2 Å². The molecule has 1 aliphatic rings. The minimum Gasteiger partial charge on any atom is -0.338 e. The van der Waals surface area contributed by atoms with Crippen LogP contribution in [-0.2, 0) is 11.3 Å². The van der Waals surface area contributed by atoms with E-state index in [4.69, 9.17) is 0 Å². The van der Waals surface area contributed by atoms with Crippen LogP contribution in [0.25, 0.3) is 22.0 Å². The topological polar surface area (TPSA) is 55.2 Å². The summed E-state index contributed by atoms with van der Waals surface area (Å²) < 4.78 is 1.35. The van der Waals surface area contributed by atoms with Gasteiger partial charge in [-0.25, -0.2) is 4.68 Å². The molecule has 0 saturated carbocycles. The maximum atomic E-state index is 13.1. The van der Waals surface area contributed by atoms with E-state index in [0.29, 0.717) is 5.39 Å². The van der Waals surface area contributed by atoms with Crippen molar-refractivity contribution >= 4 is 16.7 Å². The van der Waals surface area contributed by atoms with Gasteiger partial charge in [0.1, 0.15) is 6.54 Å². The molecule has 4 rings (SSSR count). The molecule has 0 spiro atoms. The van der Waals surface area contributed by atoms with Crippen LogP contribution in [0.5, 0.6) is 0 Å². The summed E-state index contributed by atoms with van der Waals surface area (Å²) in [5, 5.41) is 6.11. The lowest BCUT2D eigenvalue weighted by molar-refractivity contribution is -0.135. The Morgan fingerprint density at radius 3 is 2.62 bits per heavy atom. The van der Waals surface area contributed by atoms with Crippen molar-refractivity contribution in [3.8, 4) is 11.3 Å². The lowest BCUT2D eigenvalue weighted by atomic mass is 9.99. The van der Waals surface area contributed by atoms with Gasteiger partial charge in [0.15, 0.2) is 0 Å². The molecule has 5 heteroatoms. The predicted octanol–water partition coefficient (Wildman–Crippen LogP) is 4.08. The van der Waals surface area contributed by atoms with Gasteiger partial charge in [-0.05, 0) is 57.7 Å². The average Bonchev–Trinajstić information content (AvgIpc) is 2.72. The maximum absolute atomic E-state index is 13.1. The van der Waals surface area contributed by atoms with E-state index in [1.54, 1.807) is 0 Å². The van der Waals surface area contributed by atoms with Gasteiger partial charge in [-0.3, -0.25) is 9.59 Å². The van der Waals surface area contributed by atoms with Gasteiger partial charge >= 0.3 is 0 Å². The fraction of sp³-hybridized carbons (Fsp3) is 0.375. The number of nitrogens with zero attached hydrogens (tertiary/aromatic N) is 3. The zero-order chi connectivity index (χ0) is 20.5. The number of rotatable bonds is 3. The number of carbonyl (C=O) groups is 1. The molecule has 5 nitrogen and oxygen atoms in total. The minimum atomic E-state index is -0.215. The van der Waals surface area contributed by atoms with E-state index < -0.39 is 0 Å². The molecule has 1 atom stereocenters. The highest BCUT2D eigenvalue weighted by atomic mass is 16.2. The Morgan fingerprint density at radius 2 is 1.86 bits per heavy atom. The van der Waals surface area contributed by atoms with Crippen molar-refractivity contribution in [2.45, 2.75) is 52.6 Å². The first kappa shape index (κ1) is 19.4. The molecule has 1 aromatic heterocycles. The highest BCUT2D eigenvalue weighted by Gasteiger charge is 2.24. The molecule has 1 aliphatic heterocycles. The van der Waals surface area contributed by atoms with E-state index >= 15 is 0 Å². The van der Waals surface area contributed by atoms with E-state index in [-0.39, 0.29) is 24.1 Å². The molecule has 150 valence electrons. The molecule has 0 unspecified atom stereocenters. The third-order valence-electron chi connectivity index (χ3n) is 5.92. The van der Waals surface area contributed by atoms with Crippen molar-refractivity contribution in [1.29, 1.82) is 0 Å². The van der Waals surface area contributed by atoms with Crippen molar-refractivity contribution in [2.24, 2.45) is 0 Å². The smallest absolute Gasteiger partial charge is 0.275 e. The molecule has 0 aliphatic carbocycles. The second-order valence-electron chi connectivity index (χ2n) is 8.11. The Morgan fingerprint density at radius 1 is 1.10 bits per heavy atom. The van der Waals surface area contributed by atoms with Gasteiger partial charge < -0.3 is 4.90 Å². The van der Waals surface area contributed by atoms with E-state index in [2.05, 4.69) is 30.2 Å². The number of aryl methyl sites for hydroxylation is 2. The fourth-order valence-corrected chi connectivity index (χ4v) is 4.22. The number of carbonyl (C=O) groups excluding carboxylic acids is 1. The Hall–Kier alpha value is -2.95. The summed E-state index contributed by atoms with van der Waals surface area (Å²) in [4.78, 5) is 27.9. The van der Waals surface area contributed by atoms with Crippen LogP contribution in [0.3, 0.4) is 0 Å². The Balaban J connectivity index is 1.83. The van der Waals surface area contributed by atoms with Crippen molar-refractivity contribution in [3.05, 3.63) is 63.9 Å². The number of benzene rings is 2. The Bertz CT molecular complexity index is 1130. The Labute approximate surface area is 171 Å². The first-order chi connectivity index (χ1) is 14.0. The highest BCUT2D eigenvalue weighted by molar-refractivity contribution is 5.94. The number of hydrogen-bond acceptors (Lipinski definition) is 3. The third-order valence-corrected chi connectivity index (χ3v) is 5.92. The van der Waals surface area contributed by atoms with Gasteiger partial charge in [-0.2, -0.15) is 5.10 Å². The normalized spacial score (nSPS) is 16.9. The highest BCUT2D eigenvalue weighted by Crippen LogP contribution is 2.28. The van der Waals surface area contributed by atoms with Gasteiger partial charge in [-0.1, -0.05) is 35.9 Å². The van der Waals surface area contributed by atoms with Crippen LogP contribution < -0.4 is 5.56 Å². The van der Waals surface area contributed by atoms with Gasteiger partial charge in [0, 0.05) is 23.5 Å². The average molecular weight is 389 g/mol. The third kappa shape index (κ3) is 3.69. The second kappa shape index (κ2) is 7.82. The quantitative estimate of drug-likeness (QED) is 0.678. The van der Waals surface area contributed by atoms with Gasteiger partial charge in [-0.15, -0.1) is 0 Å². The molecule has 1 amide bonds. The molecular weight excluding hydrogens is 362 g/mol. The molecule has 0 N–H and O–H groups in total. The molecule has 2 heterocycles. The van der Waals surface area contributed by atoms with Crippen molar-refractivity contribution in [2.75, 3.05) is 6.54 Å². The van der Waals surface area contributed by atoms with Crippen LogP contribution in [0.1, 0.15) is 37.3 Å². The monoisotopic (exact) mass is 389 g/mol. The van der Waals surface area contributed by atoms with Gasteiger partial charge in [0.25, 0.3) is 5.56 Å². The van der Waals surface area contributed by atoms with E-state index in [1.165, 1.54) is 4.68 Å². The van der Waals surface area contributed by atoms with Crippen LogP contribution in [0.4, 0.5) is 0 Å². The molecule has 3 aromatic rings. The van der Waals surface area contributed by atoms with Crippen LogP contribution in [0.2, 0.25) is 0 Å². The standard InChI is InChI=1S/C24H27N3O2/c1-16-11-12-17(2)21(14-16)23-19-9-4-5-10-20(19)24(29)27(25-23)15-22(28)26-13-7-6-8-18(26)3/h4-5,9-12,14,18H,6-8,13,15H2,1-3H3/t18-/m1/s1. The molecule has 0 radical (unpaired) electrons. The summed E-state index contributed by atoms with van der Waals surface area (Å²) in [6.07, 6.45) is 3.18. The Kier molecular flexibility index (Phi) is 5.22. The van der Waals surface area contributed by atoms with Crippen molar-refractivity contribution in [3.63, 3.8) is 0 Å². The molecule has 0 bridgehead atoms. The first-order valence-corrected chi connectivity index (χ1v) is 10.3. The maximum Gasteiger partial charge on any atom is 0.275 e. The summed E-state index contributed by atoms with van der Waals surface area (Å²) in [6.45, 7) is 6.90. The molecule has 2 aromatic carbocycles. The van der Waals surface area contributed by atoms with Crippen molar-refractivity contribution < 1.29 is 4.79 Å². The first-order valence-electron chi connectivity index (χ1n) is 10.3. The molecule has 1 saturated heterocycles. The number of likely N-dealkylation sites (tertiary alicyclic amines) is 1. The van der Waals surface area contributed by atoms with Crippen molar-refractivity contribution in [1.82, 2.24) is 14.7 Å². The summed E-state index contributed by atoms with van der Waals surface area (Å²) in [5.74, 6) is -0.0333. The van der Waals surface area contributed by atoms with E-state index in [0.717, 1.165) is 53.6 Å². The fourth-order valence-electron chi connectivity index (χ4n) is 4.22. The summed E-state index contributed by atoms with van der Waals surface area (Å²) in [7, 11) is 0. The van der Waals surface area contributed by atoms with Gasteiger partial charge in [0.05, 0.1) is 11.1 Å². The largest absolute Gasteiger partial charge is 0.338 e. The lowest BCUT2D eigenvalue weighted by Crippen LogP contribution is -2.45. The second-order valence-corrected chi connectivity index (χ2v) is 8.11. The number of amides is 1. The zero-order valence-electron chi connectivity index (χ0n) is 17.3. The molecule has 1 fully saturated rings. The SMILES string of the molecule is Cc1ccc(C)c(-c2nn(CC(=O)N3CCCC[C@H]3C)c(=O)c3ccccc23)c1. The number of hydrogen-bond donors (Lipinski definition) is 0. The van der Waals surface area contributed by atoms with E-state index in [1.807, 2.05) is 43.0 Å². The van der Waals surface area contributed by atoms with Gasteiger partial charge in [0.2, 0.25) is 5.91 Å².